The van der Waals surface area contributed by atoms with E-state index < -0.39 is 0 Å². The Morgan fingerprint density at radius 1 is 1.10 bits per heavy atom. The third-order valence-electron chi connectivity index (χ3n) is 3.19. The number of nitrogens with zero attached hydrogens (tertiary/aromatic N) is 3. The minimum absolute atomic E-state index is 0.972. The van der Waals surface area contributed by atoms with E-state index in [4.69, 9.17) is 0 Å². The first-order chi connectivity index (χ1) is 10.3. The summed E-state index contributed by atoms with van der Waals surface area (Å²) in [4.78, 5) is 0. The van der Waals surface area contributed by atoms with Gasteiger partial charge in [-0.05, 0) is 48.4 Å². The van der Waals surface area contributed by atoms with E-state index in [2.05, 4.69) is 28.6 Å². The fourth-order valence-corrected chi connectivity index (χ4v) is 2.06. The molecule has 4 nitrogen and oxygen atoms in total. The average Bonchev–Trinajstić information content (AvgIpc) is 3.04. The number of anilines is 1. The van der Waals surface area contributed by atoms with Gasteiger partial charge in [-0.2, -0.15) is 10.2 Å². The Morgan fingerprint density at radius 3 is 2.67 bits per heavy atom. The lowest BCUT2D eigenvalue weighted by atomic mass is 10.1. The second kappa shape index (κ2) is 6.05. The van der Waals surface area contributed by atoms with E-state index in [9.17, 15) is 0 Å². The van der Waals surface area contributed by atoms with Crippen molar-refractivity contribution < 1.29 is 0 Å². The van der Waals surface area contributed by atoms with E-state index in [0.29, 0.717) is 0 Å². The molecule has 1 heterocycles. The number of hydrazone groups is 1. The predicted molar refractivity (Wildman–Crippen MR) is 86.0 cm³/mol. The zero-order chi connectivity index (χ0) is 14.5. The molecule has 104 valence electrons. The summed E-state index contributed by atoms with van der Waals surface area (Å²) in [5.41, 5.74) is 7.27. The number of hydrogen-bond acceptors (Lipinski definition) is 3. The Bertz CT molecular complexity index is 731. The van der Waals surface area contributed by atoms with Gasteiger partial charge in [-0.1, -0.05) is 24.3 Å². The van der Waals surface area contributed by atoms with Crippen LogP contribution in [0.2, 0.25) is 0 Å². The van der Waals surface area contributed by atoms with Gasteiger partial charge >= 0.3 is 0 Å². The second-order valence-electron chi connectivity index (χ2n) is 4.73. The number of aromatic nitrogens is 2. The summed E-state index contributed by atoms with van der Waals surface area (Å²) in [5, 5.41) is 8.50. The van der Waals surface area contributed by atoms with Gasteiger partial charge in [0.1, 0.15) is 0 Å². The third kappa shape index (κ3) is 3.17. The summed E-state index contributed by atoms with van der Waals surface area (Å²) in [5.74, 6) is 0. The molecule has 21 heavy (non-hydrogen) atoms. The van der Waals surface area contributed by atoms with E-state index >= 15 is 0 Å². The average molecular weight is 276 g/mol. The number of para-hydroxylation sites is 1. The van der Waals surface area contributed by atoms with Crippen LogP contribution in [-0.2, 0) is 0 Å². The molecular weight excluding hydrogens is 260 g/mol. The highest BCUT2D eigenvalue weighted by atomic mass is 15.3. The van der Waals surface area contributed by atoms with Crippen molar-refractivity contribution >= 4 is 11.9 Å². The van der Waals surface area contributed by atoms with Crippen molar-refractivity contribution in [3.63, 3.8) is 0 Å². The smallest absolute Gasteiger partial charge is 0.0648 e. The molecule has 0 aliphatic heterocycles. The van der Waals surface area contributed by atoms with Gasteiger partial charge < -0.3 is 0 Å². The fourth-order valence-electron chi connectivity index (χ4n) is 2.06. The molecular formula is C17H16N4. The molecule has 1 N–H and O–H groups in total. The SMILES string of the molecule is Cc1cc(-n2cccn2)ccc1C=NNc1ccccc1. The van der Waals surface area contributed by atoms with E-state index in [1.54, 1.807) is 6.20 Å². The van der Waals surface area contributed by atoms with Crippen molar-refractivity contribution in [3.05, 3.63) is 78.1 Å². The minimum Gasteiger partial charge on any atom is -0.279 e. The van der Waals surface area contributed by atoms with Crippen LogP contribution in [0.15, 0.2) is 72.1 Å². The molecule has 3 rings (SSSR count). The maximum absolute atomic E-state index is 4.27. The molecule has 2 aromatic carbocycles. The van der Waals surface area contributed by atoms with Gasteiger partial charge in [-0.15, -0.1) is 0 Å². The zero-order valence-electron chi connectivity index (χ0n) is 11.8. The topological polar surface area (TPSA) is 42.2 Å². The molecule has 0 atom stereocenters. The van der Waals surface area contributed by atoms with Crippen molar-refractivity contribution in [3.8, 4) is 5.69 Å². The maximum Gasteiger partial charge on any atom is 0.0648 e. The van der Waals surface area contributed by atoms with Gasteiger partial charge in [-0.3, -0.25) is 5.43 Å². The Hall–Kier alpha value is -2.88. The van der Waals surface area contributed by atoms with Gasteiger partial charge in [0, 0.05) is 12.4 Å². The Labute approximate surface area is 123 Å². The van der Waals surface area contributed by atoms with Gasteiger partial charge in [0.2, 0.25) is 0 Å². The molecule has 3 aromatic rings. The largest absolute Gasteiger partial charge is 0.279 e. The van der Waals surface area contributed by atoms with Crippen LogP contribution in [-0.4, -0.2) is 16.0 Å². The molecule has 0 aliphatic carbocycles. The second-order valence-corrected chi connectivity index (χ2v) is 4.73. The van der Waals surface area contributed by atoms with Gasteiger partial charge in [0.25, 0.3) is 0 Å². The fraction of sp³-hybridized carbons (Fsp3) is 0.0588. The molecule has 0 aliphatic rings. The van der Waals surface area contributed by atoms with Crippen molar-refractivity contribution in [2.45, 2.75) is 6.92 Å². The van der Waals surface area contributed by atoms with Crippen LogP contribution < -0.4 is 5.43 Å². The first-order valence-corrected chi connectivity index (χ1v) is 6.78. The number of rotatable bonds is 4. The quantitative estimate of drug-likeness (QED) is 0.584. The van der Waals surface area contributed by atoms with Crippen LogP contribution in [0.1, 0.15) is 11.1 Å². The summed E-state index contributed by atoms with van der Waals surface area (Å²) in [7, 11) is 0. The zero-order valence-corrected chi connectivity index (χ0v) is 11.8. The summed E-state index contributed by atoms with van der Waals surface area (Å²) in [6.07, 6.45) is 5.53. The third-order valence-corrected chi connectivity index (χ3v) is 3.19. The molecule has 0 unspecified atom stereocenters. The molecule has 0 saturated carbocycles. The Morgan fingerprint density at radius 2 is 1.95 bits per heavy atom. The van der Waals surface area contributed by atoms with Gasteiger partial charge in [0.05, 0.1) is 17.6 Å². The normalized spacial score (nSPS) is 10.9. The van der Waals surface area contributed by atoms with Crippen molar-refractivity contribution in [2.75, 3.05) is 5.43 Å². The van der Waals surface area contributed by atoms with Crippen LogP contribution in [0, 0.1) is 6.92 Å². The Kier molecular flexibility index (Phi) is 3.78. The van der Waals surface area contributed by atoms with E-state index in [1.165, 1.54) is 0 Å². The van der Waals surface area contributed by atoms with Crippen molar-refractivity contribution in [2.24, 2.45) is 5.10 Å². The minimum atomic E-state index is 0.972. The summed E-state index contributed by atoms with van der Waals surface area (Å²) in [6.45, 7) is 2.07. The van der Waals surface area contributed by atoms with Crippen LogP contribution in [0.4, 0.5) is 5.69 Å². The van der Waals surface area contributed by atoms with Crippen LogP contribution in [0.3, 0.4) is 0 Å². The molecule has 0 saturated heterocycles. The summed E-state index contributed by atoms with van der Waals surface area (Å²) in [6, 6.07) is 18.0. The number of nitrogens with one attached hydrogen (secondary N) is 1. The molecule has 0 fully saturated rings. The maximum atomic E-state index is 4.27. The van der Waals surface area contributed by atoms with Gasteiger partial charge in [0.15, 0.2) is 0 Å². The first kappa shape index (κ1) is 13.1. The highest BCUT2D eigenvalue weighted by Gasteiger charge is 2.00. The number of benzene rings is 2. The van der Waals surface area contributed by atoms with E-state index in [-0.39, 0.29) is 0 Å². The molecule has 0 amide bonds. The molecule has 1 aromatic heterocycles. The summed E-state index contributed by atoms with van der Waals surface area (Å²) >= 11 is 0. The predicted octanol–water partition coefficient (Wildman–Crippen LogP) is 3.63. The lowest BCUT2D eigenvalue weighted by molar-refractivity contribution is 0.879. The lowest BCUT2D eigenvalue weighted by Crippen LogP contribution is -1.97. The van der Waals surface area contributed by atoms with Gasteiger partial charge in [-0.25, -0.2) is 4.68 Å². The first-order valence-electron chi connectivity index (χ1n) is 6.78. The van der Waals surface area contributed by atoms with Crippen molar-refractivity contribution in [1.82, 2.24) is 9.78 Å². The van der Waals surface area contributed by atoms with E-state index in [0.717, 1.165) is 22.5 Å². The molecule has 0 radical (unpaired) electrons. The summed E-state index contributed by atoms with van der Waals surface area (Å²) < 4.78 is 1.84. The molecule has 4 heteroatoms. The molecule has 0 spiro atoms. The number of aryl methyl sites for hydroxylation is 1. The lowest BCUT2D eigenvalue weighted by Gasteiger charge is -2.05. The standard InChI is InChI=1S/C17H16N4/c1-14-12-17(21-11-5-10-19-21)9-8-15(14)13-18-20-16-6-3-2-4-7-16/h2-13,20H,1H3. The number of hydrogen-bond donors (Lipinski definition) is 1. The van der Waals surface area contributed by atoms with Crippen LogP contribution in [0.5, 0.6) is 0 Å². The monoisotopic (exact) mass is 276 g/mol. The van der Waals surface area contributed by atoms with Crippen LogP contribution >= 0.6 is 0 Å². The Balaban J connectivity index is 1.74. The van der Waals surface area contributed by atoms with Crippen molar-refractivity contribution in [1.29, 1.82) is 0 Å². The van der Waals surface area contributed by atoms with E-state index in [1.807, 2.05) is 65.6 Å². The van der Waals surface area contributed by atoms with Crippen LogP contribution in [0.25, 0.3) is 5.69 Å². The highest BCUT2D eigenvalue weighted by Crippen LogP contribution is 2.13. The highest BCUT2D eigenvalue weighted by molar-refractivity contribution is 5.82. The molecule has 0 bridgehead atoms.